The molecule has 5 heteroatoms. The van der Waals surface area contributed by atoms with Gasteiger partial charge in [-0.25, -0.2) is 0 Å². The minimum atomic E-state index is -1.03. The van der Waals surface area contributed by atoms with Crippen molar-refractivity contribution in [2.45, 2.75) is 12.2 Å². The third kappa shape index (κ3) is 2.75. The quantitative estimate of drug-likeness (QED) is 0.532. The Balaban J connectivity index is 2.95. The van der Waals surface area contributed by atoms with Crippen molar-refractivity contribution in [3.05, 3.63) is 23.8 Å². The number of hydrogen-bond donors (Lipinski definition) is 3. The number of aliphatic hydroxyl groups excluding tert-OH is 2. The lowest BCUT2D eigenvalue weighted by molar-refractivity contribution is 0.0326. The lowest BCUT2D eigenvalue weighted by atomic mass is 10.0. The zero-order chi connectivity index (χ0) is 11.4. The molecular weight excluding hydrogens is 218 g/mol. The number of methoxy groups -OCH3 is 1. The van der Waals surface area contributed by atoms with Crippen LogP contribution in [0.15, 0.2) is 18.2 Å². The van der Waals surface area contributed by atoms with E-state index in [1.165, 1.54) is 7.11 Å². The number of aliphatic hydroxyl groups is 2. The summed E-state index contributed by atoms with van der Waals surface area (Å²) in [6.45, 7) is 0. The highest BCUT2D eigenvalue weighted by molar-refractivity contribution is 6.18. The lowest BCUT2D eigenvalue weighted by Crippen LogP contribution is -2.19. The molecule has 0 aliphatic carbocycles. The van der Waals surface area contributed by atoms with E-state index < -0.39 is 12.2 Å². The average molecular weight is 232 g/mol. The van der Waals surface area contributed by atoms with Crippen LogP contribution in [0.1, 0.15) is 11.7 Å². The molecule has 4 nitrogen and oxygen atoms in total. The number of alkyl halides is 1. The summed E-state index contributed by atoms with van der Waals surface area (Å²) in [7, 11) is 1.49. The van der Waals surface area contributed by atoms with Crippen molar-refractivity contribution in [2.24, 2.45) is 0 Å². The predicted octanol–water partition coefficient (Wildman–Crippen LogP) is 0.911. The van der Waals surface area contributed by atoms with Crippen LogP contribution < -0.4 is 10.5 Å². The molecule has 2 unspecified atom stereocenters. The van der Waals surface area contributed by atoms with Gasteiger partial charge in [0.2, 0.25) is 0 Å². The van der Waals surface area contributed by atoms with E-state index in [2.05, 4.69) is 0 Å². The van der Waals surface area contributed by atoms with Gasteiger partial charge in [-0.2, -0.15) is 0 Å². The molecule has 4 N–H and O–H groups in total. The second-order valence-electron chi connectivity index (χ2n) is 3.17. The summed E-state index contributed by atoms with van der Waals surface area (Å²) in [5.74, 6) is 0.432. The number of halogens is 1. The van der Waals surface area contributed by atoms with Gasteiger partial charge in [-0.15, -0.1) is 11.6 Å². The van der Waals surface area contributed by atoms with E-state index in [1.54, 1.807) is 18.2 Å². The van der Waals surface area contributed by atoms with Crippen molar-refractivity contribution < 1.29 is 14.9 Å². The molecule has 0 aliphatic rings. The molecule has 0 aromatic heterocycles. The molecular formula is C10H14ClNO3. The second kappa shape index (κ2) is 5.21. The minimum absolute atomic E-state index is 0.0339. The third-order valence-electron chi connectivity index (χ3n) is 2.12. The zero-order valence-electron chi connectivity index (χ0n) is 8.35. The Morgan fingerprint density at radius 3 is 2.67 bits per heavy atom. The highest BCUT2D eigenvalue weighted by atomic mass is 35.5. The van der Waals surface area contributed by atoms with E-state index >= 15 is 0 Å². The molecule has 0 saturated heterocycles. The zero-order valence-corrected chi connectivity index (χ0v) is 9.11. The molecule has 84 valence electrons. The van der Waals surface area contributed by atoms with Crippen molar-refractivity contribution >= 4 is 17.3 Å². The standard InChI is InChI=1S/C10H14ClNO3/c1-15-9-4-6(2-3-7(9)12)10(14)8(13)5-11/h2-4,8,10,13-14H,5,12H2,1H3. The number of nitrogen functional groups attached to an aromatic ring is 1. The van der Waals surface area contributed by atoms with E-state index in [0.717, 1.165) is 0 Å². The molecule has 15 heavy (non-hydrogen) atoms. The number of anilines is 1. The maximum Gasteiger partial charge on any atom is 0.142 e. The van der Waals surface area contributed by atoms with Crippen molar-refractivity contribution in [1.29, 1.82) is 0 Å². The first-order valence-corrected chi connectivity index (χ1v) is 4.99. The van der Waals surface area contributed by atoms with Crippen molar-refractivity contribution in [2.75, 3.05) is 18.7 Å². The predicted molar refractivity (Wildman–Crippen MR) is 59.1 cm³/mol. The molecule has 0 fully saturated rings. The Morgan fingerprint density at radius 2 is 2.13 bits per heavy atom. The topological polar surface area (TPSA) is 75.7 Å². The Morgan fingerprint density at radius 1 is 1.47 bits per heavy atom. The largest absolute Gasteiger partial charge is 0.495 e. The van der Waals surface area contributed by atoms with Crippen molar-refractivity contribution in [3.63, 3.8) is 0 Å². The normalized spacial score (nSPS) is 14.7. The fraction of sp³-hybridized carbons (Fsp3) is 0.400. The van der Waals surface area contributed by atoms with E-state index in [1.807, 2.05) is 0 Å². The van der Waals surface area contributed by atoms with Crippen LogP contribution in [0.4, 0.5) is 5.69 Å². The van der Waals surface area contributed by atoms with Crippen molar-refractivity contribution in [1.82, 2.24) is 0 Å². The van der Waals surface area contributed by atoms with Gasteiger partial charge in [-0.1, -0.05) is 6.07 Å². The van der Waals surface area contributed by atoms with Crippen LogP contribution >= 0.6 is 11.6 Å². The number of nitrogens with two attached hydrogens (primary N) is 1. The summed E-state index contributed by atoms with van der Waals surface area (Å²) in [6.07, 6.45) is -2.03. The van der Waals surface area contributed by atoms with Crippen LogP contribution in [0.2, 0.25) is 0 Å². The lowest BCUT2D eigenvalue weighted by Gasteiger charge is -2.16. The summed E-state index contributed by atoms with van der Waals surface area (Å²) in [5, 5.41) is 19.0. The van der Waals surface area contributed by atoms with E-state index in [9.17, 15) is 10.2 Å². The summed E-state index contributed by atoms with van der Waals surface area (Å²) in [6, 6.07) is 4.81. The van der Waals surface area contributed by atoms with Gasteiger partial charge in [-0.05, 0) is 17.7 Å². The van der Waals surface area contributed by atoms with E-state index in [4.69, 9.17) is 22.1 Å². The van der Waals surface area contributed by atoms with Crippen LogP contribution in [0.3, 0.4) is 0 Å². The highest BCUT2D eigenvalue weighted by Gasteiger charge is 2.18. The minimum Gasteiger partial charge on any atom is -0.495 e. The second-order valence-corrected chi connectivity index (χ2v) is 3.48. The Bertz CT molecular complexity index is 332. The highest BCUT2D eigenvalue weighted by Crippen LogP contribution is 2.27. The molecule has 0 heterocycles. The first-order chi connectivity index (χ1) is 7.10. The average Bonchev–Trinajstić information content (AvgIpc) is 2.27. The Kier molecular flexibility index (Phi) is 4.20. The van der Waals surface area contributed by atoms with Gasteiger partial charge in [0.15, 0.2) is 0 Å². The first-order valence-electron chi connectivity index (χ1n) is 4.45. The number of hydrogen-bond acceptors (Lipinski definition) is 4. The summed E-state index contributed by atoms with van der Waals surface area (Å²) < 4.78 is 5.00. The van der Waals surface area contributed by atoms with Crippen LogP contribution in [0, 0.1) is 0 Å². The van der Waals surface area contributed by atoms with Crippen LogP contribution in [-0.4, -0.2) is 29.3 Å². The van der Waals surface area contributed by atoms with Crippen LogP contribution in [0.5, 0.6) is 5.75 Å². The van der Waals surface area contributed by atoms with Gasteiger partial charge in [0, 0.05) is 0 Å². The summed E-state index contributed by atoms with van der Waals surface area (Å²) >= 11 is 5.44. The molecule has 1 aromatic rings. The van der Waals surface area contributed by atoms with Gasteiger partial charge >= 0.3 is 0 Å². The fourth-order valence-electron chi connectivity index (χ4n) is 1.22. The first kappa shape index (κ1) is 12.1. The number of ether oxygens (including phenoxy) is 1. The summed E-state index contributed by atoms with van der Waals surface area (Å²) in [5.41, 5.74) is 6.62. The number of benzene rings is 1. The van der Waals surface area contributed by atoms with Gasteiger partial charge in [-0.3, -0.25) is 0 Å². The van der Waals surface area contributed by atoms with Crippen LogP contribution in [0.25, 0.3) is 0 Å². The van der Waals surface area contributed by atoms with E-state index in [-0.39, 0.29) is 5.88 Å². The molecule has 2 atom stereocenters. The van der Waals surface area contributed by atoms with E-state index in [0.29, 0.717) is 17.0 Å². The summed E-state index contributed by atoms with van der Waals surface area (Å²) in [4.78, 5) is 0. The van der Waals surface area contributed by atoms with Crippen LogP contribution in [-0.2, 0) is 0 Å². The molecule has 0 bridgehead atoms. The van der Waals surface area contributed by atoms with Crippen molar-refractivity contribution in [3.8, 4) is 5.75 Å². The fourth-order valence-corrected chi connectivity index (χ4v) is 1.39. The van der Waals surface area contributed by atoms with Gasteiger partial charge in [0.25, 0.3) is 0 Å². The Labute approximate surface area is 93.2 Å². The van der Waals surface area contributed by atoms with Gasteiger partial charge in [0.05, 0.1) is 24.8 Å². The smallest absolute Gasteiger partial charge is 0.142 e. The van der Waals surface area contributed by atoms with Gasteiger partial charge < -0.3 is 20.7 Å². The maximum absolute atomic E-state index is 9.67. The molecule has 0 radical (unpaired) electrons. The molecule has 0 spiro atoms. The molecule has 0 saturated carbocycles. The monoisotopic (exact) mass is 231 g/mol. The SMILES string of the molecule is COc1cc(C(O)C(O)CCl)ccc1N. The van der Waals surface area contributed by atoms with Gasteiger partial charge in [0.1, 0.15) is 11.9 Å². The molecule has 1 rings (SSSR count). The molecule has 0 amide bonds. The molecule has 1 aromatic carbocycles. The maximum atomic E-state index is 9.67. The Hall–Kier alpha value is -0.970. The molecule has 0 aliphatic heterocycles. The number of rotatable bonds is 4. The third-order valence-corrected chi connectivity index (χ3v) is 2.44.